The van der Waals surface area contributed by atoms with Crippen molar-refractivity contribution >= 4 is 58.9 Å². The number of primary amides is 1. The molecule has 1 saturated heterocycles. The molecule has 20 heteroatoms. The van der Waals surface area contributed by atoms with Gasteiger partial charge >= 0.3 is 12.1 Å². The summed E-state index contributed by atoms with van der Waals surface area (Å²) in [4.78, 5) is 117. The number of ketones is 2. The molecule has 3 fully saturated rings. The molecule has 0 spiro atoms. The Kier molecular flexibility index (Phi) is 20.0. The zero-order valence-electron chi connectivity index (χ0n) is 45.1. The van der Waals surface area contributed by atoms with Gasteiger partial charge in [0.1, 0.15) is 12.1 Å². The van der Waals surface area contributed by atoms with Crippen LogP contribution in [0.25, 0.3) is 0 Å². The van der Waals surface area contributed by atoms with Crippen LogP contribution in [0.4, 0.5) is 15.3 Å². The number of urea groups is 1. The van der Waals surface area contributed by atoms with Crippen LogP contribution in [-0.2, 0) is 54.3 Å². The van der Waals surface area contributed by atoms with Crippen LogP contribution in [0.1, 0.15) is 138 Å². The van der Waals surface area contributed by atoms with Crippen LogP contribution in [0.2, 0.25) is 0 Å². The second kappa shape index (κ2) is 25.7. The number of alkyl carbamates (subject to hydrolysis) is 1. The Morgan fingerprint density at radius 1 is 0.921 bits per heavy atom. The first-order valence-electron chi connectivity index (χ1n) is 27.0. The number of unbranched alkanes of at least 4 members (excludes halogenated alkanes) is 2. The molecule has 6 rings (SSSR count). The number of fused-ring (bicyclic) bond motifs is 3. The standard InChI is InChI=1S/C56H79N7O13/c1-8-14-36-27-39(64)22-23-54(36,6)40-28-37-29-44-56(55(37,7)30-42(40)65,76-47(75-44)15-9-2)43(66)32-74-53(73)59-31-35-18-20-38(21-19-35)60-49(69)41(16-13-24-58-52(57)72)61-50(70)48(33(3)4)62-45(67)17-11-10-12-25-63-46(68)26-34(5)51(63)71/h18-23,26-27,33,37,40-42,44,47-48,65H,8-17,24-25,28-32H2,1-7H3,(H,59,73)(H,60,69)(H,61,70)(H,62,67)(H3,57,58,72)/t37-,40-,41+,42+,44-,47?,48+,54+,55+,56-/m1/s1. The van der Waals surface area contributed by atoms with E-state index in [4.69, 9.17) is 19.9 Å². The number of benzene rings is 1. The Bertz CT molecular complexity index is 2460. The van der Waals surface area contributed by atoms with Crippen molar-refractivity contribution in [3.05, 3.63) is 65.3 Å². The number of hydrogen-bond donors (Lipinski definition) is 7. The van der Waals surface area contributed by atoms with Crippen molar-refractivity contribution < 1.29 is 62.5 Å². The molecule has 1 unspecified atom stereocenters. The van der Waals surface area contributed by atoms with Crippen LogP contribution in [-0.4, -0.2) is 119 Å². The number of nitrogens with zero attached hydrogens (tertiary/aromatic N) is 1. The van der Waals surface area contributed by atoms with Gasteiger partial charge in [-0.3, -0.25) is 38.5 Å². The minimum absolute atomic E-state index is 0.0137. The SMILES string of the molecule is CCCC1=CC(=O)C=C[C@]1(C)[C@@H]1C[C@@H]2C[C@H]3OC(CCC)O[C@@]3(C(=O)COC(=O)NCc3ccc(NC(=O)[C@H](CCCNC(N)=O)NC(=O)[C@@H](NC(=O)CCCCCN4C(=O)C=C(C)C4=O)C(C)C)cc3)[C@@]2(C)C[C@@H]1O. The lowest BCUT2D eigenvalue weighted by Crippen LogP contribution is -2.61. The predicted molar refractivity (Wildman–Crippen MR) is 280 cm³/mol. The molecule has 3 aliphatic carbocycles. The van der Waals surface area contributed by atoms with Gasteiger partial charge < -0.3 is 51.6 Å². The van der Waals surface area contributed by atoms with E-state index in [0.717, 1.165) is 24.8 Å². The van der Waals surface area contributed by atoms with Crippen LogP contribution in [0, 0.1) is 28.6 Å². The fourth-order valence-corrected chi connectivity index (χ4v) is 11.9. The largest absolute Gasteiger partial charge is 0.441 e. The number of anilines is 1. The molecule has 416 valence electrons. The van der Waals surface area contributed by atoms with E-state index in [1.54, 1.807) is 57.2 Å². The quantitative estimate of drug-likeness (QED) is 0.0458. The Morgan fingerprint density at radius 3 is 2.32 bits per heavy atom. The van der Waals surface area contributed by atoms with Crippen LogP contribution in [0.5, 0.6) is 0 Å². The van der Waals surface area contributed by atoms with Crippen molar-refractivity contribution in [2.75, 3.05) is 25.0 Å². The molecule has 5 aliphatic rings. The van der Waals surface area contributed by atoms with Gasteiger partial charge in [-0.2, -0.15) is 0 Å². The second-order valence-electron chi connectivity index (χ2n) is 21.9. The van der Waals surface area contributed by atoms with Crippen molar-refractivity contribution in [1.29, 1.82) is 0 Å². The zero-order valence-corrected chi connectivity index (χ0v) is 45.1. The minimum Gasteiger partial charge on any atom is -0.441 e. The Labute approximate surface area is 445 Å². The summed E-state index contributed by atoms with van der Waals surface area (Å²) >= 11 is 0. The first-order valence-corrected chi connectivity index (χ1v) is 27.0. The number of carbonyl (C=O) groups is 9. The number of hydrogen-bond acceptors (Lipinski definition) is 13. The van der Waals surface area contributed by atoms with Crippen molar-refractivity contribution in [2.45, 2.75) is 175 Å². The maximum atomic E-state index is 14.5. The average Bonchev–Trinajstić information content (AvgIpc) is 4.00. The molecule has 10 atom stereocenters. The monoisotopic (exact) mass is 1060 g/mol. The third-order valence-corrected chi connectivity index (χ3v) is 16.1. The third kappa shape index (κ3) is 13.5. The van der Waals surface area contributed by atoms with Crippen LogP contribution in [0.15, 0.2) is 59.7 Å². The highest BCUT2D eigenvalue weighted by atomic mass is 16.7. The fraction of sp³-hybridized carbons (Fsp3) is 0.625. The minimum atomic E-state index is -1.46. The second-order valence-corrected chi connectivity index (χ2v) is 21.9. The highest BCUT2D eigenvalue weighted by Crippen LogP contribution is 2.66. The molecule has 20 nitrogen and oxygen atoms in total. The molecule has 0 radical (unpaired) electrons. The van der Waals surface area contributed by atoms with E-state index in [2.05, 4.69) is 40.4 Å². The number of nitrogens with two attached hydrogens (primary N) is 1. The van der Waals surface area contributed by atoms with Crippen molar-refractivity contribution in [3.63, 3.8) is 0 Å². The van der Waals surface area contributed by atoms with E-state index in [1.807, 2.05) is 19.9 Å². The zero-order chi connectivity index (χ0) is 55.5. The van der Waals surface area contributed by atoms with Crippen LogP contribution in [0.3, 0.4) is 0 Å². The molecular weight excluding hydrogens is 979 g/mol. The number of allylic oxidation sites excluding steroid dienone is 4. The van der Waals surface area contributed by atoms with Gasteiger partial charge in [0.05, 0.1) is 12.2 Å². The molecule has 76 heavy (non-hydrogen) atoms. The predicted octanol–water partition coefficient (Wildman–Crippen LogP) is 5.32. The molecule has 2 saturated carbocycles. The van der Waals surface area contributed by atoms with Gasteiger partial charge in [-0.15, -0.1) is 0 Å². The van der Waals surface area contributed by atoms with Gasteiger partial charge in [-0.05, 0) is 112 Å². The van der Waals surface area contributed by atoms with E-state index >= 15 is 0 Å². The van der Waals surface area contributed by atoms with E-state index in [0.29, 0.717) is 55.3 Å². The molecule has 1 aromatic rings. The molecule has 8 amide bonds. The lowest BCUT2D eigenvalue weighted by Gasteiger charge is -2.53. The maximum absolute atomic E-state index is 14.5. The summed E-state index contributed by atoms with van der Waals surface area (Å²) < 4.78 is 18.6. The lowest BCUT2D eigenvalue weighted by molar-refractivity contribution is -0.188. The lowest BCUT2D eigenvalue weighted by atomic mass is 9.53. The average molecular weight is 1060 g/mol. The fourth-order valence-electron chi connectivity index (χ4n) is 11.9. The molecule has 8 N–H and O–H groups in total. The molecule has 2 heterocycles. The van der Waals surface area contributed by atoms with E-state index in [9.17, 15) is 48.3 Å². The number of aliphatic hydroxyl groups is 1. The molecule has 0 aromatic heterocycles. The molecule has 0 bridgehead atoms. The van der Waals surface area contributed by atoms with E-state index in [-0.39, 0.29) is 86.6 Å². The Hall–Kier alpha value is -6.25. The van der Waals surface area contributed by atoms with Gasteiger partial charge in [0.2, 0.25) is 23.5 Å². The highest BCUT2D eigenvalue weighted by Gasteiger charge is 2.74. The topological polar surface area (TPSA) is 291 Å². The number of carbonyl (C=O) groups excluding carboxylic acids is 9. The number of rotatable bonds is 26. The summed E-state index contributed by atoms with van der Waals surface area (Å²) in [6, 6.07) is 3.77. The Balaban J connectivity index is 1.01. The normalized spacial score (nSPS) is 27.5. The van der Waals surface area contributed by atoms with Gasteiger partial charge in [0.15, 0.2) is 24.3 Å². The van der Waals surface area contributed by atoms with E-state index < -0.39 is 83.3 Å². The molecular formula is C56H79N7O13. The number of amides is 8. The van der Waals surface area contributed by atoms with Crippen LogP contribution >= 0.6 is 0 Å². The summed E-state index contributed by atoms with van der Waals surface area (Å²) in [5, 5.41) is 25.5. The van der Waals surface area contributed by atoms with Crippen molar-refractivity contribution in [2.24, 2.45) is 34.3 Å². The first kappa shape index (κ1) is 59.0. The van der Waals surface area contributed by atoms with E-state index in [1.165, 1.54) is 11.0 Å². The summed E-state index contributed by atoms with van der Waals surface area (Å²) in [5.41, 5.74) is 4.79. The number of aliphatic hydroxyl groups excluding tert-OH is 1. The smallest absolute Gasteiger partial charge is 0.407 e. The van der Waals surface area contributed by atoms with Crippen molar-refractivity contribution in [1.82, 2.24) is 26.2 Å². The van der Waals surface area contributed by atoms with Gasteiger partial charge in [-0.25, -0.2) is 9.59 Å². The summed E-state index contributed by atoms with van der Waals surface area (Å²) in [5.74, 6) is -3.29. The first-order chi connectivity index (χ1) is 36.1. The summed E-state index contributed by atoms with van der Waals surface area (Å²) in [7, 11) is 0. The van der Waals surface area contributed by atoms with Crippen LogP contribution < -0.4 is 32.3 Å². The number of imide groups is 1. The van der Waals surface area contributed by atoms with Gasteiger partial charge in [-0.1, -0.05) is 84.6 Å². The molecule has 1 aromatic carbocycles. The third-order valence-electron chi connectivity index (χ3n) is 16.1. The number of Topliss-reactive ketones (excluding diaryl/α,β-unsaturated/α-hetero) is 1. The molecule has 2 aliphatic heterocycles. The van der Waals surface area contributed by atoms with Crippen molar-refractivity contribution in [3.8, 4) is 0 Å². The summed E-state index contributed by atoms with van der Waals surface area (Å²) in [6.07, 6.45) is 9.95. The Morgan fingerprint density at radius 2 is 1.66 bits per heavy atom. The van der Waals surface area contributed by atoms with Gasteiger partial charge in [0, 0.05) is 54.2 Å². The van der Waals surface area contributed by atoms with Gasteiger partial charge in [0.25, 0.3) is 11.8 Å². The maximum Gasteiger partial charge on any atom is 0.407 e. The number of ether oxygens (including phenoxy) is 3. The number of nitrogens with one attached hydrogen (secondary N) is 5. The highest BCUT2D eigenvalue weighted by molar-refractivity contribution is 6.15. The summed E-state index contributed by atoms with van der Waals surface area (Å²) in [6.45, 7) is 13.1.